The zero-order valence-corrected chi connectivity index (χ0v) is 15.7. The molecule has 3 rings (SSSR count). The number of amides is 3. The quantitative estimate of drug-likeness (QED) is 0.750. The van der Waals surface area contributed by atoms with Gasteiger partial charge in [0.05, 0.1) is 6.61 Å². The van der Waals surface area contributed by atoms with E-state index in [0.717, 1.165) is 21.9 Å². The monoisotopic (exact) mass is 403 g/mol. The Kier molecular flexibility index (Phi) is 6.06. The second-order valence-corrected chi connectivity index (χ2v) is 6.29. The molecular weight excluding hydrogens is 384 g/mol. The zero-order valence-electron chi connectivity index (χ0n) is 15.7. The number of ether oxygens (including phenoxy) is 1. The van der Waals surface area contributed by atoms with Crippen LogP contribution in [0.1, 0.15) is 6.92 Å². The SMILES string of the molecule is CCOc1ccc(NC(=O)CN2CCN(c3ccc(F)c(F)c3)C(=O)C2=O)cc1. The minimum absolute atomic E-state index is 0.0615. The summed E-state index contributed by atoms with van der Waals surface area (Å²) in [5.74, 6) is -3.74. The van der Waals surface area contributed by atoms with Crippen molar-refractivity contribution in [3.63, 3.8) is 0 Å². The molecule has 0 saturated carbocycles. The number of hydrogen-bond donors (Lipinski definition) is 1. The van der Waals surface area contributed by atoms with Crippen molar-refractivity contribution in [2.24, 2.45) is 0 Å². The van der Waals surface area contributed by atoms with Crippen LogP contribution in [0.15, 0.2) is 42.5 Å². The molecule has 7 nitrogen and oxygen atoms in total. The lowest BCUT2D eigenvalue weighted by Gasteiger charge is -2.33. The van der Waals surface area contributed by atoms with E-state index in [1.165, 1.54) is 6.07 Å². The smallest absolute Gasteiger partial charge is 0.316 e. The zero-order chi connectivity index (χ0) is 21.0. The van der Waals surface area contributed by atoms with Crippen molar-refractivity contribution in [1.29, 1.82) is 0 Å². The number of piperazine rings is 1. The third-order valence-electron chi connectivity index (χ3n) is 4.31. The molecule has 1 fully saturated rings. The number of carbonyl (C=O) groups is 3. The van der Waals surface area contributed by atoms with Crippen LogP contribution in [0.25, 0.3) is 0 Å². The maximum Gasteiger partial charge on any atom is 0.316 e. The van der Waals surface area contributed by atoms with Gasteiger partial charge in [0.1, 0.15) is 12.3 Å². The second kappa shape index (κ2) is 8.68. The van der Waals surface area contributed by atoms with Crippen LogP contribution in [-0.2, 0) is 14.4 Å². The number of anilines is 2. The molecule has 0 aromatic heterocycles. The summed E-state index contributed by atoms with van der Waals surface area (Å²) in [5, 5.41) is 2.65. The number of hydrogen-bond acceptors (Lipinski definition) is 4. The Morgan fingerprint density at radius 2 is 1.76 bits per heavy atom. The van der Waals surface area contributed by atoms with Crippen LogP contribution in [0.3, 0.4) is 0 Å². The maximum absolute atomic E-state index is 13.4. The highest BCUT2D eigenvalue weighted by molar-refractivity contribution is 6.41. The summed E-state index contributed by atoms with van der Waals surface area (Å²) in [7, 11) is 0. The molecule has 29 heavy (non-hydrogen) atoms. The van der Waals surface area contributed by atoms with Gasteiger partial charge in [-0.05, 0) is 43.3 Å². The number of nitrogens with one attached hydrogen (secondary N) is 1. The van der Waals surface area contributed by atoms with Gasteiger partial charge in [-0.15, -0.1) is 0 Å². The van der Waals surface area contributed by atoms with Gasteiger partial charge in [0.2, 0.25) is 5.91 Å². The highest BCUT2D eigenvalue weighted by atomic mass is 19.2. The first-order chi connectivity index (χ1) is 13.9. The van der Waals surface area contributed by atoms with E-state index >= 15 is 0 Å². The first kappa shape index (κ1) is 20.2. The summed E-state index contributed by atoms with van der Waals surface area (Å²) in [6, 6.07) is 9.70. The predicted octanol–water partition coefficient (Wildman–Crippen LogP) is 2.18. The van der Waals surface area contributed by atoms with Crippen LogP contribution < -0.4 is 15.0 Å². The van der Waals surface area contributed by atoms with Crippen molar-refractivity contribution in [2.75, 3.05) is 36.5 Å². The van der Waals surface area contributed by atoms with E-state index < -0.39 is 29.4 Å². The van der Waals surface area contributed by atoms with Crippen molar-refractivity contribution in [1.82, 2.24) is 4.90 Å². The molecule has 1 aliphatic rings. The third kappa shape index (κ3) is 4.68. The molecule has 152 valence electrons. The predicted molar refractivity (Wildman–Crippen MR) is 102 cm³/mol. The molecule has 0 radical (unpaired) electrons. The van der Waals surface area contributed by atoms with Gasteiger partial charge in [0.25, 0.3) is 0 Å². The topological polar surface area (TPSA) is 79.0 Å². The minimum atomic E-state index is -1.11. The Balaban J connectivity index is 1.60. The molecule has 0 unspecified atom stereocenters. The minimum Gasteiger partial charge on any atom is -0.494 e. The fraction of sp³-hybridized carbons (Fsp3) is 0.250. The lowest BCUT2D eigenvalue weighted by Crippen LogP contribution is -2.56. The van der Waals surface area contributed by atoms with Crippen LogP contribution in [0, 0.1) is 11.6 Å². The first-order valence-electron chi connectivity index (χ1n) is 8.97. The lowest BCUT2D eigenvalue weighted by molar-refractivity contribution is -0.147. The van der Waals surface area contributed by atoms with Crippen LogP contribution in [-0.4, -0.2) is 48.9 Å². The van der Waals surface area contributed by atoms with Gasteiger partial charge in [-0.1, -0.05) is 0 Å². The van der Waals surface area contributed by atoms with Gasteiger partial charge in [-0.25, -0.2) is 8.78 Å². The molecule has 9 heteroatoms. The van der Waals surface area contributed by atoms with Crippen molar-refractivity contribution in [2.45, 2.75) is 6.92 Å². The second-order valence-electron chi connectivity index (χ2n) is 6.29. The van der Waals surface area contributed by atoms with Crippen LogP contribution in [0.5, 0.6) is 5.75 Å². The summed E-state index contributed by atoms with van der Waals surface area (Å²) in [5.41, 5.74) is 0.610. The largest absolute Gasteiger partial charge is 0.494 e. The first-order valence-corrected chi connectivity index (χ1v) is 8.97. The van der Waals surface area contributed by atoms with E-state index in [4.69, 9.17) is 4.74 Å². The standard InChI is InChI=1S/C20H19F2N3O4/c1-2-29-15-6-3-13(4-7-15)23-18(26)12-24-9-10-25(20(28)19(24)27)14-5-8-16(21)17(22)11-14/h3-8,11H,2,9-10,12H2,1H3,(H,23,26). The Labute approximate surface area is 165 Å². The number of benzene rings is 2. The summed E-state index contributed by atoms with van der Waals surface area (Å²) in [6.45, 7) is 2.23. The molecule has 2 aromatic carbocycles. The fourth-order valence-corrected chi connectivity index (χ4v) is 2.90. The number of nitrogens with zero attached hydrogens (tertiary/aromatic N) is 2. The molecule has 0 atom stereocenters. The summed E-state index contributed by atoms with van der Waals surface area (Å²) >= 11 is 0. The van der Waals surface area contributed by atoms with Gasteiger partial charge in [-0.2, -0.15) is 0 Å². The molecule has 0 bridgehead atoms. The van der Waals surface area contributed by atoms with Crippen LogP contribution in [0.4, 0.5) is 20.2 Å². The van der Waals surface area contributed by atoms with Crippen LogP contribution in [0.2, 0.25) is 0 Å². The van der Waals surface area contributed by atoms with E-state index in [2.05, 4.69) is 5.32 Å². The van der Waals surface area contributed by atoms with E-state index in [0.29, 0.717) is 18.0 Å². The molecular formula is C20H19F2N3O4. The Bertz CT molecular complexity index is 934. The van der Waals surface area contributed by atoms with Crippen molar-refractivity contribution < 1.29 is 27.9 Å². The Hall–Kier alpha value is -3.49. The molecule has 1 N–H and O–H groups in total. The van der Waals surface area contributed by atoms with Crippen molar-refractivity contribution >= 4 is 29.1 Å². The highest BCUT2D eigenvalue weighted by Crippen LogP contribution is 2.21. The van der Waals surface area contributed by atoms with E-state index in [1.807, 2.05) is 6.92 Å². The summed E-state index contributed by atoms with van der Waals surface area (Å²) < 4.78 is 31.8. The molecule has 1 saturated heterocycles. The molecule has 1 heterocycles. The fourth-order valence-electron chi connectivity index (χ4n) is 2.90. The van der Waals surface area contributed by atoms with Gasteiger partial charge >= 0.3 is 11.8 Å². The molecule has 2 aromatic rings. The summed E-state index contributed by atoms with van der Waals surface area (Å²) in [4.78, 5) is 39.1. The summed E-state index contributed by atoms with van der Waals surface area (Å²) in [6.07, 6.45) is 0. The van der Waals surface area contributed by atoms with Crippen molar-refractivity contribution in [3.05, 3.63) is 54.1 Å². The lowest BCUT2D eigenvalue weighted by atomic mass is 10.2. The molecule has 0 spiro atoms. The van der Waals surface area contributed by atoms with E-state index in [9.17, 15) is 23.2 Å². The normalized spacial score (nSPS) is 14.2. The van der Waals surface area contributed by atoms with Gasteiger partial charge in [-0.3, -0.25) is 14.4 Å². The average molecular weight is 403 g/mol. The van der Waals surface area contributed by atoms with Gasteiger partial charge in [0, 0.05) is 30.5 Å². The highest BCUT2D eigenvalue weighted by Gasteiger charge is 2.34. The van der Waals surface area contributed by atoms with Gasteiger partial charge < -0.3 is 19.9 Å². The average Bonchev–Trinajstić information content (AvgIpc) is 2.70. The Morgan fingerprint density at radius 1 is 1.03 bits per heavy atom. The Morgan fingerprint density at radius 3 is 2.41 bits per heavy atom. The van der Waals surface area contributed by atoms with Gasteiger partial charge in [0.15, 0.2) is 11.6 Å². The number of rotatable bonds is 6. The van der Waals surface area contributed by atoms with E-state index in [1.54, 1.807) is 24.3 Å². The third-order valence-corrected chi connectivity index (χ3v) is 4.31. The van der Waals surface area contributed by atoms with Crippen molar-refractivity contribution in [3.8, 4) is 5.75 Å². The van der Waals surface area contributed by atoms with E-state index in [-0.39, 0.29) is 25.3 Å². The molecule has 3 amide bonds. The van der Waals surface area contributed by atoms with Crippen LogP contribution >= 0.6 is 0 Å². The molecule has 0 aliphatic carbocycles. The number of carbonyl (C=O) groups excluding carboxylic acids is 3. The number of halogens is 2. The maximum atomic E-state index is 13.4. The molecule has 1 aliphatic heterocycles.